The number of hydrogen-bond donors (Lipinski definition) is 2. The van der Waals surface area contributed by atoms with Crippen LogP contribution in [0.4, 0.5) is 11.4 Å². The van der Waals surface area contributed by atoms with Crippen molar-refractivity contribution >= 4 is 52.4 Å². The molecule has 0 fully saturated rings. The standard InChI is InChI=1S/C18H16Cl2N2O4/c19-12-4-3-5-13(10-12)21-16(23)8-9-18(25)26-11-17(24)22-15-7-2-1-6-14(15)20/h1-7,10H,8-9,11H2,(H,21,23)(H,22,24). The van der Waals surface area contributed by atoms with Gasteiger partial charge in [0.1, 0.15) is 0 Å². The van der Waals surface area contributed by atoms with E-state index in [2.05, 4.69) is 10.6 Å². The molecule has 26 heavy (non-hydrogen) atoms. The zero-order valence-electron chi connectivity index (χ0n) is 13.6. The quantitative estimate of drug-likeness (QED) is 0.697. The molecule has 0 radical (unpaired) electrons. The van der Waals surface area contributed by atoms with Crippen molar-refractivity contribution in [3.05, 3.63) is 58.6 Å². The van der Waals surface area contributed by atoms with Gasteiger partial charge >= 0.3 is 5.97 Å². The van der Waals surface area contributed by atoms with E-state index in [-0.39, 0.29) is 18.7 Å². The van der Waals surface area contributed by atoms with Crippen molar-refractivity contribution in [2.75, 3.05) is 17.2 Å². The van der Waals surface area contributed by atoms with Gasteiger partial charge in [0.25, 0.3) is 5.91 Å². The van der Waals surface area contributed by atoms with Crippen molar-refractivity contribution in [3.63, 3.8) is 0 Å². The van der Waals surface area contributed by atoms with E-state index in [1.807, 2.05) is 0 Å². The first kappa shape index (κ1) is 19.8. The highest BCUT2D eigenvalue weighted by Crippen LogP contribution is 2.20. The van der Waals surface area contributed by atoms with Crippen molar-refractivity contribution in [2.45, 2.75) is 12.8 Å². The molecule has 8 heteroatoms. The molecular formula is C18H16Cl2N2O4. The average molecular weight is 395 g/mol. The fraction of sp³-hybridized carbons (Fsp3) is 0.167. The Morgan fingerprint density at radius 1 is 0.885 bits per heavy atom. The van der Waals surface area contributed by atoms with E-state index < -0.39 is 18.5 Å². The van der Waals surface area contributed by atoms with Gasteiger partial charge in [-0.2, -0.15) is 0 Å². The molecule has 0 heterocycles. The maximum absolute atomic E-state index is 11.8. The Balaban J connectivity index is 1.69. The van der Waals surface area contributed by atoms with Gasteiger partial charge in [0, 0.05) is 17.1 Å². The molecular weight excluding hydrogens is 379 g/mol. The molecule has 0 saturated carbocycles. The highest BCUT2D eigenvalue weighted by atomic mass is 35.5. The summed E-state index contributed by atoms with van der Waals surface area (Å²) in [5.41, 5.74) is 0.964. The minimum atomic E-state index is -0.652. The van der Waals surface area contributed by atoms with Crippen LogP contribution in [0.25, 0.3) is 0 Å². The van der Waals surface area contributed by atoms with Crippen LogP contribution in [0.3, 0.4) is 0 Å². The van der Waals surface area contributed by atoms with Crippen molar-refractivity contribution in [1.82, 2.24) is 0 Å². The summed E-state index contributed by atoms with van der Waals surface area (Å²) in [4.78, 5) is 35.2. The molecule has 136 valence electrons. The highest BCUT2D eigenvalue weighted by Gasteiger charge is 2.11. The summed E-state index contributed by atoms with van der Waals surface area (Å²) in [5.74, 6) is -1.53. The maximum atomic E-state index is 11.8. The first-order chi connectivity index (χ1) is 12.4. The first-order valence-corrected chi connectivity index (χ1v) is 8.45. The zero-order valence-corrected chi connectivity index (χ0v) is 15.1. The van der Waals surface area contributed by atoms with Crippen molar-refractivity contribution in [2.24, 2.45) is 0 Å². The molecule has 2 rings (SSSR count). The van der Waals surface area contributed by atoms with Crippen LogP contribution in [-0.4, -0.2) is 24.4 Å². The van der Waals surface area contributed by atoms with Gasteiger partial charge in [-0.3, -0.25) is 14.4 Å². The van der Waals surface area contributed by atoms with Crippen LogP contribution < -0.4 is 10.6 Å². The molecule has 0 saturated heterocycles. The van der Waals surface area contributed by atoms with Gasteiger partial charge < -0.3 is 15.4 Å². The first-order valence-electron chi connectivity index (χ1n) is 7.69. The largest absolute Gasteiger partial charge is 0.456 e. The summed E-state index contributed by atoms with van der Waals surface area (Å²) >= 11 is 11.7. The number of carbonyl (C=O) groups excluding carboxylic acids is 3. The number of esters is 1. The molecule has 2 N–H and O–H groups in total. The minimum Gasteiger partial charge on any atom is -0.456 e. The van der Waals surface area contributed by atoms with Gasteiger partial charge in [0.15, 0.2) is 6.61 Å². The van der Waals surface area contributed by atoms with Gasteiger partial charge in [-0.1, -0.05) is 41.4 Å². The van der Waals surface area contributed by atoms with Gasteiger partial charge in [-0.15, -0.1) is 0 Å². The second-order valence-electron chi connectivity index (χ2n) is 5.25. The number of carbonyl (C=O) groups is 3. The van der Waals surface area contributed by atoms with Crippen LogP contribution in [-0.2, 0) is 19.1 Å². The van der Waals surface area contributed by atoms with Gasteiger partial charge in [0.05, 0.1) is 17.1 Å². The number of anilines is 2. The Labute approximate surface area is 160 Å². The van der Waals surface area contributed by atoms with E-state index in [9.17, 15) is 14.4 Å². The molecule has 0 aliphatic carbocycles. The lowest BCUT2D eigenvalue weighted by Gasteiger charge is -2.08. The molecule has 2 aromatic rings. The normalized spacial score (nSPS) is 10.1. The number of halogens is 2. The molecule has 0 atom stereocenters. The lowest BCUT2D eigenvalue weighted by atomic mass is 10.2. The fourth-order valence-corrected chi connectivity index (χ4v) is 2.35. The van der Waals surface area contributed by atoms with Crippen molar-refractivity contribution in [3.8, 4) is 0 Å². The van der Waals surface area contributed by atoms with E-state index >= 15 is 0 Å². The van der Waals surface area contributed by atoms with Crippen molar-refractivity contribution in [1.29, 1.82) is 0 Å². The lowest BCUT2D eigenvalue weighted by Crippen LogP contribution is -2.22. The summed E-state index contributed by atoms with van der Waals surface area (Å²) in [6.07, 6.45) is -0.219. The molecule has 0 aliphatic rings. The van der Waals surface area contributed by atoms with Crippen LogP contribution >= 0.6 is 23.2 Å². The van der Waals surface area contributed by atoms with Gasteiger partial charge in [-0.05, 0) is 30.3 Å². The highest BCUT2D eigenvalue weighted by molar-refractivity contribution is 6.33. The van der Waals surface area contributed by atoms with E-state index in [0.29, 0.717) is 21.4 Å². The second kappa shape index (κ2) is 9.79. The predicted octanol–water partition coefficient (Wildman–Crippen LogP) is 3.89. The average Bonchev–Trinajstić information content (AvgIpc) is 2.60. The Morgan fingerprint density at radius 3 is 2.38 bits per heavy atom. The molecule has 0 bridgehead atoms. The van der Waals surface area contributed by atoms with Gasteiger partial charge in [-0.25, -0.2) is 0 Å². The number of rotatable bonds is 7. The molecule has 0 spiro atoms. The predicted molar refractivity (Wildman–Crippen MR) is 100 cm³/mol. The SMILES string of the molecule is O=C(CCC(=O)OCC(=O)Nc1ccccc1Cl)Nc1cccc(Cl)c1. The Bertz CT molecular complexity index is 811. The summed E-state index contributed by atoms with van der Waals surface area (Å²) in [7, 11) is 0. The minimum absolute atomic E-state index is 0.0719. The molecule has 2 aromatic carbocycles. The van der Waals surface area contributed by atoms with Crippen LogP contribution in [0.2, 0.25) is 10.0 Å². The topological polar surface area (TPSA) is 84.5 Å². The summed E-state index contributed by atoms with van der Waals surface area (Å²) in [6, 6.07) is 13.4. The maximum Gasteiger partial charge on any atom is 0.306 e. The van der Waals surface area contributed by atoms with E-state index in [4.69, 9.17) is 27.9 Å². The van der Waals surface area contributed by atoms with Crippen molar-refractivity contribution < 1.29 is 19.1 Å². The second-order valence-corrected chi connectivity index (χ2v) is 6.09. The molecule has 6 nitrogen and oxygen atoms in total. The number of ether oxygens (including phenoxy) is 1. The van der Waals surface area contributed by atoms with E-state index in [1.165, 1.54) is 0 Å². The van der Waals surface area contributed by atoms with Crippen LogP contribution in [0.5, 0.6) is 0 Å². The van der Waals surface area contributed by atoms with Crippen LogP contribution in [0.15, 0.2) is 48.5 Å². The van der Waals surface area contributed by atoms with Gasteiger partial charge in [0.2, 0.25) is 5.91 Å². The third-order valence-electron chi connectivity index (χ3n) is 3.18. The zero-order chi connectivity index (χ0) is 18.9. The van der Waals surface area contributed by atoms with Crippen LogP contribution in [0, 0.1) is 0 Å². The third kappa shape index (κ3) is 6.74. The fourth-order valence-electron chi connectivity index (χ4n) is 1.97. The number of nitrogens with one attached hydrogen (secondary N) is 2. The summed E-state index contributed by atoms with van der Waals surface area (Å²) < 4.78 is 4.84. The molecule has 2 amide bonds. The number of para-hydroxylation sites is 1. The summed E-state index contributed by atoms with van der Waals surface area (Å²) in [5, 5.41) is 6.02. The van der Waals surface area contributed by atoms with E-state index in [1.54, 1.807) is 48.5 Å². The van der Waals surface area contributed by atoms with Crippen LogP contribution in [0.1, 0.15) is 12.8 Å². The monoisotopic (exact) mass is 394 g/mol. The Morgan fingerprint density at radius 2 is 1.65 bits per heavy atom. The smallest absolute Gasteiger partial charge is 0.306 e. The Hall–Kier alpha value is -2.57. The lowest BCUT2D eigenvalue weighted by molar-refractivity contribution is -0.147. The summed E-state index contributed by atoms with van der Waals surface area (Å²) in [6.45, 7) is -0.458. The molecule has 0 aliphatic heterocycles. The number of hydrogen-bond acceptors (Lipinski definition) is 4. The number of amides is 2. The molecule has 0 aromatic heterocycles. The third-order valence-corrected chi connectivity index (χ3v) is 3.74. The number of benzene rings is 2. The Kier molecular flexibility index (Phi) is 7.44. The molecule has 0 unspecified atom stereocenters. The van der Waals surface area contributed by atoms with E-state index in [0.717, 1.165) is 0 Å².